The van der Waals surface area contributed by atoms with Gasteiger partial charge in [0, 0.05) is 38.6 Å². The molecule has 0 saturated carbocycles. The zero-order valence-electron chi connectivity index (χ0n) is 15.7. The second kappa shape index (κ2) is 7.04. The van der Waals surface area contributed by atoms with Gasteiger partial charge in [-0.2, -0.15) is 0 Å². The van der Waals surface area contributed by atoms with Gasteiger partial charge in [-0.3, -0.25) is 0 Å². The summed E-state index contributed by atoms with van der Waals surface area (Å²) >= 11 is 9.56. The normalized spacial score (nSPS) is 13.1. The fraction of sp³-hybridized carbons (Fsp3) is 0.300. The Bertz CT molecular complexity index is 1110. The lowest BCUT2D eigenvalue weighted by Crippen LogP contribution is -2.24. The van der Waals surface area contributed by atoms with Crippen LogP contribution in [0.1, 0.15) is 50.4 Å². The predicted molar refractivity (Wildman–Crippen MR) is 110 cm³/mol. The molecule has 0 radical (unpaired) electrons. The van der Waals surface area contributed by atoms with Crippen molar-refractivity contribution in [2.45, 2.75) is 39.0 Å². The van der Waals surface area contributed by atoms with Crippen LogP contribution < -0.4 is 0 Å². The van der Waals surface area contributed by atoms with E-state index in [1.54, 1.807) is 13.0 Å². The summed E-state index contributed by atoms with van der Waals surface area (Å²) in [6.45, 7) is 7.42. The van der Waals surface area contributed by atoms with Crippen LogP contribution in [-0.4, -0.2) is 25.9 Å². The van der Waals surface area contributed by atoms with Crippen molar-refractivity contribution in [1.82, 2.24) is 9.55 Å². The molecule has 2 aromatic heterocycles. The van der Waals surface area contributed by atoms with Crippen molar-refractivity contribution in [3.05, 3.63) is 56.5 Å². The third-order valence-corrected chi connectivity index (χ3v) is 5.51. The number of rotatable bonds is 2. The van der Waals surface area contributed by atoms with Gasteiger partial charge in [0.15, 0.2) is 0 Å². The van der Waals surface area contributed by atoms with E-state index in [1.807, 2.05) is 20.8 Å². The molecule has 0 unspecified atom stereocenters. The minimum Gasteiger partial charge on any atom is -0.508 e. The molecule has 0 aliphatic rings. The van der Waals surface area contributed by atoms with Gasteiger partial charge in [-0.15, -0.1) is 0 Å². The number of fused-ring (bicyclic) bond motifs is 1. The summed E-state index contributed by atoms with van der Waals surface area (Å²) < 4.78 is 15.9. The Morgan fingerprint density at radius 1 is 1.32 bits per heavy atom. The quantitative estimate of drug-likeness (QED) is 0.464. The molecule has 0 spiro atoms. The molecule has 0 fully saturated rings. The van der Waals surface area contributed by atoms with E-state index in [1.165, 1.54) is 12.3 Å². The zero-order chi connectivity index (χ0) is 21.0. The Morgan fingerprint density at radius 3 is 2.54 bits per heavy atom. The molecule has 0 saturated heterocycles. The third kappa shape index (κ3) is 3.26. The van der Waals surface area contributed by atoms with E-state index in [4.69, 9.17) is 11.6 Å². The SMILES string of the molecule is C[C@H](c1c(O)ccc(F)c1Cl)c1c(C(C)(C)C)n(C(=O)O)c2ncc(Br)cc12. The third-order valence-electron chi connectivity index (χ3n) is 4.69. The molecule has 1 atom stereocenters. The number of pyridine rings is 1. The summed E-state index contributed by atoms with van der Waals surface area (Å²) in [7, 11) is 0. The van der Waals surface area contributed by atoms with Crippen LogP contribution in [0.25, 0.3) is 11.0 Å². The molecular formula is C20H19BrClFN2O3. The number of phenolic OH excluding ortho intramolecular Hbond substituents is 1. The first-order chi connectivity index (χ1) is 12.9. The molecule has 0 aliphatic carbocycles. The van der Waals surface area contributed by atoms with Gasteiger partial charge in [-0.1, -0.05) is 39.3 Å². The second-order valence-corrected chi connectivity index (χ2v) is 8.96. The molecule has 5 nitrogen and oxygen atoms in total. The summed E-state index contributed by atoms with van der Waals surface area (Å²) in [5.41, 5.74) is 1.03. The van der Waals surface area contributed by atoms with Crippen LogP contribution in [0, 0.1) is 5.82 Å². The molecule has 3 rings (SSSR count). The predicted octanol–water partition coefficient (Wildman–Crippen LogP) is 6.27. The van der Waals surface area contributed by atoms with Crippen LogP contribution in [0.4, 0.5) is 9.18 Å². The largest absolute Gasteiger partial charge is 0.508 e. The Hall–Kier alpha value is -2.12. The number of carboxylic acid groups (broad SMARTS) is 1. The molecular weight excluding hydrogens is 451 g/mol. The lowest BCUT2D eigenvalue weighted by molar-refractivity contribution is 0.195. The number of aromatic nitrogens is 2. The Kier molecular flexibility index (Phi) is 5.18. The average Bonchev–Trinajstić information content (AvgIpc) is 2.93. The number of phenols is 1. The monoisotopic (exact) mass is 468 g/mol. The lowest BCUT2D eigenvalue weighted by Gasteiger charge is -2.25. The van der Waals surface area contributed by atoms with Crippen molar-refractivity contribution in [2.75, 3.05) is 0 Å². The summed E-state index contributed by atoms with van der Waals surface area (Å²) in [5, 5.41) is 20.7. The zero-order valence-corrected chi connectivity index (χ0v) is 18.1. The number of aromatic hydroxyl groups is 1. The van der Waals surface area contributed by atoms with E-state index in [9.17, 15) is 19.4 Å². The van der Waals surface area contributed by atoms with Gasteiger partial charge >= 0.3 is 6.09 Å². The van der Waals surface area contributed by atoms with Gasteiger partial charge in [0.25, 0.3) is 0 Å². The summed E-state index contributed by atoms with van der Waals surface area (Å²) in [4.78, 5) is 16.4. The first-order valence-corrected chi connectivity index (χ1v) is 9.72. The van der Waals surface area contributed by atoms with Crippen molar-refractivity contribution in [2.24, 2.45) is 0 Å². The van der Waals surface area contributed by atoms with Crippen LogP contribution in [0.2, 0.25) is 5.02 Å². The average molecular weight is 470 g/mol. The van der Waals surface area contributed by atoms with Crippen LogP contribution in [-0.2, 0) is 5.41 Å². The maximum absolute atomic E-state index is 14.1. The molecule has 148 valence electrons. The van der Waals surface area contributed by atoms with Crippen molar-refractivity contribution < 1.29 is 19.4 Å². The fourth-order valence-corrected chi connectivity index (χ4v) is 4.29. The minimum atomic E-state index is -1.17. The van der Waals surface area contributed by atoms with Crippen LogP contribution in [0.15, 0.2) is 28.9 Å². The van der Waals surface area contributed by atoms with Gasteiger partial charge in [-0.25, -0.2) is 18.7 Å². The lowest BCUT2D eigenvalue weighted by atomic mass is 9.82. The number of carbonyl (C=O) groups is 1. The van der Waals surface area contributed by atoms with Gasteiger partial charge in [0.1, 0.15) is 17.2 Å². The number of hydrogen-bond acceptors (Lipinski definition) is 3. The molecule has 28 heavy (non-hydrogen) atoms. The summed E-state index contributed by atoms with van der Waals surface area (Å²) in [5.74, 6) is -1.39. The van der Waals surface area contributed by atoms with Gasteiger partial charge in [0.05, 0.1) is 5.02 Å². The molecule has 2 heterocycles. The molecule has 0 aliphatic heterocycles. The smallest absolute Gasteiger partial charge is 0.417 e. The molecule has 1 aromatic carbocycles. The standard InChI is InChI=1S/C20H19BrClFN2O3/c1-9(15-13(26)6-5-12(23)16(15)22)14-11-7-10(21)8-24-18(11)25(19(27)28)17(14)20(2,3)4/h5-9,26H,1-4H3,(H,27,28)/t9-/m0/s1. The maximum Gasteiger partial charge on any atom is 0.417 e. The number of hydrogen-bond donors (Lipinski definition) is 2. The highest BCUT2D eigenvalue weighted by Crippen LogP contribution is 2.45. The first kappa shape index (κ1) is 20.6. The maximum atomic E-state index is 14.1. The van der Waals surface area contributed by atoms with E-state index in [2.05, 4.69) is 20.9 Å². The van der Waals surface area contributed by atoms with E-state index < -0.39 is 23.2 Å². The minimum absolute atomic E-state index is 0.155. The van der Waals surface area contributed by atoms with Crippen molar-refractivity contribution in [3.63, 3.8) is 0 Å². The molecule has 0 bridgehead atoms. The van der Waals surface area contributed by atoms with E-state index in [0.717, 1.165) is 10.6 Å². The van der Waals surface area contributed by atoms with Gasteiger partial charge in [0.2, 0.25) is 0 Å². The van der Waals surface area contributed by atoms with Gasteiger partial charge in [-0.05, 0) is 39.7 Å². The van der Waals surface area contributed by atoms with Crippen molar-refractivity contribution in [1.29, 1.82) is 0 Å². The van der Waals surface area contributed by atoms with Gasteiger partial charge < -0.3 is 10.2 Å². The van der Waals surface area contributed by atoms with E-state index in [-0.39, 0.29) is 22.0 Å². The Balaban J connectivity index is 2.49. The highest BCUT2D eigenvalue weighted by atomic mass is 79.9. The molecule has 2 N–H and O–H groups in total. The molecule has 8 heteroatoms. The first-order valence-electron chi connectivity index (χ1n) is 8.55. The topological polar surface area (TPSA) is 75.4 Å². The summed E-state index contributed by atoms with van der Waals surface area (Å²) in [6.07, 6.45) is 0.354. The molecule has 3 aromatic rings. The number of halogens is 3. The Labute approximate surface area is 174 Å². The van der Waals surface area contributed by atoms with Crippen molar-refractivity contribution >= 4 is 44.7 Å². The Morgan fingerprint density at radius 2 is 1.96 bits per heavy atom. The van der Waals surface area contributed by atoms with E-state index in [0.29, 0.717) is 21.1 Å². The highest BCUT2D eigenvalue weighted by Gasteiger charge is 2.34. The van der Waals surface area contributed by atoms with Crippen LogP contribution >= 0.6 is 27.5 Å². The summed E-state index contributed by atoms with van der Waals surface area (Å²) in [6, 6.07) is 4.11. The molecule has 0 amide bonds. The van der Waals surface area contributed by atoms with Crippen LogP contribution in [0.5, 0.6) is 5.75 Å². The fourth-order valence-electron chi connectivity index (χ4n) is 3.64. The van der Waals surface area contributed by atoms with Crippen LogP contribution in [0.3, 0.4) is 0 Å². The highest BCUT2D eigenvalue weighted by molar-refractivity contribution is 9.10. The van der Waals surface area contributed by atoms with Crippen molar-refractivity contribution in [3.8, 4) is 5.75 Å². The van der Waals surface area contributed by atoms with E-state index >= 15 is 0 Å². The second-order valence-electron chi connectivity index (χ2n) is 7.67. The number of nitrogens with zero attached hydrogens (tertiary/aromatic N) is 2. The number of benzene rings is 1.